The number of unbranched alkanes of at least 4 members (excludes halogenated alkanes) is 1. The molecule has 0 unspecified atom stereocenters. The molecule has 1 saturated heterocycles. The lowest BCUT2D eigenvalue weighted by Crippen LogP contribution is -2.44. The van der Waals surface area contributed by atoms with E-state index in [-0.39, 0.29) is 6.03 Å². The Balaban J connectivity index is 1.18. The van der Waals surface area contributed by atoms with E-state index in [1.165, 1.54) is 77.7 Å². The van der Waals surface area contributed by atoms with Crippen molar-refractivity contribution in [3.8, 4) is 0 Å². The normalized spacial score (nSPS) is 29.4. The first kappa shape index (κ1) is 18.0. The summed E-state index contributed by atoms with van der Waals surface area (Å²) in [6, 6.07) is 0.511. The van der Waals surface area contributed by atoms with E-state index in [0.717, 1.165) is 24.8 Å². The van der Waals surface area contributed by atoms with Crippen LogP contribution in [-0.2, 0) is 0 Å². The van der Waals surface area contributed by atoms with E-state index >= 15 is 0 Å². The largest absolute Gasteiger partial charge is 0.338 e. The highest BCUT2D eigenvalue weighted by Gasteiger charge is 2.43. The summed E-state index contributed by atoms with van der Waals surface area (Å²) in [5, 5.41) is 6.23. The molecular weight excluding hydrogens is 300 g/mol. The minimum Gasteiger partial charge on any atom is -0.338 e. The second-order valence-corrected chi connectivity index (χ2v) is 8.16. The highest BCUT2D eigenvalue weighted by molar-refractivity contribution is 5.74. The Labute approximate surface area is 147 Å². The molecule has 138 valence electrons. The molecule has 0 aromatic heterocycles. The van der Waals surface area contributed by atoms with Gasteiger partial charge in [-0.25, -0.2) is 4.79 Å². The molecule has 2 atom stereocenters. The topological polar surface area (TPSA) is 47.6 Å². The van der Waals surface area contributed by atoms with Crippen molar-refractivity contribution < 1.29 is 4.79 Å². The van der Waals surface area contributed by atoms with E-state index in [1.54, 1.807) is 0 Å². The Kier molecular flexibility index (Phi) is 6.78. The van der Waals surface area contributed by atoms with Gasteiger partial charge in [-0.3, -0.25) is 0 Å². The molecule has 2 N–H and O–H groups in total. The molecule has 1 aliphatic heterocycles. The first-order valence-electron chi connectivity index (χ1n) is 10.2. The Hall–Kier alpha value is -0.810. The minimum atomic E-state index is 0.0536. The molecule has 2 saturated carbocycles. The molecule has 5 nitrogen and oxygen atoms in total. The van der Waals surface area contributed by atoms with Gasteiger partial charge in [0.25, 0.3) is 0 Å². The second kappa shape index (κ2) is 9.04. The summed E-state index contributed by atoms with van der Waals surface area (Å²) in [5.74, 6) is 1.65. The molecule has 2 amide bonds. The Bertz CT molecular complexity index is 389. The molecule has 3 fully saturated rings. The van der Waals surface area contributed by atoms with Crippen molar-refractivity contribution >= 4 is 6.03 Å². The highest BCUT2D eigenvalue weighted by Crippen LogP contribution is 2.44. The van der Waals surface area contributed by atoms with E-state index in [9.17, 15) is 4.79 Å². The van der Waals surface area contributed by atoms with Crippen molar-refractivity contribution in [3.63, 3.8) is 0 Å². The van der Waals surface area contributed by atoms with Crippen LogP contribution in [0.5, 0.6) is 0 Å². The summed E-state index contributed by atoms with van der Waals surface area (Å²) in [7, 11) is 2.19. The molecular formula is C19H36N4O. The van der Waals surface area contributed by atoms with Crippen LogP contribution in [0.3, 0.4) is 0 Å². The molecule has 5 heteroatoms. The number of carbonyl (C=O) groups is 1. The van der Waals surface area contributed by atoms with Gasteiger partial charge in [0.2, 0.25) is 0 Å². The van der Waals surface area contributed by atoms with Crippen LogP contribution in [0, 0.1) is 11.8 Å². The van der Waals surface area contributed by atoms with E-state index in [2.05, 4.69) is 27.5 Å². The maximum absolute atomic E-state index is 12.0. The van der Waals surface area contributed by atoms with E-state index in [0.29, 0.717) is 6.04 Å². The highest BCUT2D eigenvalue weighted by atomic mass is 16.2. The van der Waals surface area contributed by atoms with Gasteiger partial charge >= 0.3 is 6.03 Å². The molecule has 0 aromatic rings. The maximum Gasteiger partial charge on any atom is 0.315 e. The van der Waals surface area contributed by atoms with Crippen LogP contribution in [0.25, 0.3) is 0 Å². The minimum absolute atomic E-state index is 0.0536. The second-order valence-electron chi connectivity index (χ2n) is 8.16. The summed E-state index contributed by atoms with van der Waals surface area (Å²) in [6.07, 6.45) is 10.4. The maximum atomic E-state index is 12.0. The third-order valence-electron chi connectivity index (χ3n) is 6.19. The SMILES string of the molecule is CN1CCN(CCCCNC(=O)N[C@H]2C[C@@H]2C2CCCCC2)CC1. The quantitative estimate of drug-likeness (QED) is 0.701. The van der Waals surface area contributed by atoms with Crippen LogP contribution in [0.2, 0.25) is 0 Å². The molecule has 3 rings (SSSR count). The van der Waals surface area contributed by atoms with Crippen LogP contribution in [0.15, 0.2) is 0 Å². The lowest BCUT2D eigenvalue weighted by atomic mass is 9.85. The fraction of sp³-hybridized carbons (Fsp3) is 0.947. The van der Waals surface area contributed by atoms with Crippen LogP contribution in [0.4, 0.5) is 4.79 Å². The van der Waals surface area contributed by atoms with E-state index in [4.69, 9.17) is 0 Å². The van der Waals surface area contributed by atoms with Gasteiger partial charge in [-0.05, 0) is 44.7 Å². The molecule has 0 aromatic carbocycles. The molecule has 1 heterocycles. The standard InChI is InChI=1S/C19H36N4O/c1-22-11-13-23(14-12-22)10-6-5-9-20-19(24)21-18-15-17(18)16-7-3-2-4-8-16/h16-18H,2-15H2,1H3,(H2,20,21,24)/t17-,18+/m1/s1. The number of carbonyl (C=O) groups excluding carboxylic acids is 1. The molecule has 24 heavy (non-hydrogen) atoms. The summed E-state index contributed by atoms with van der Waals surface area (Å²) in [5.41, 5.74) is 0. The van der Waals surface area contributed by atoms with Crippen molar-refractivity contribution in [1.82, 2.24) is 20.4 Å². The molecule has 2 aliphatic carbocycles. The fourth-order valence-electron chi connectivity index (χ4n) is 4.42. The molecule has 0 bridgehead atoms. The third-order valence-corrected chi connectivity index (χ3v) is 6.19. The van der Waals surface area contributed by atoms with Gasteiger partial charge < -0.3 is 20.4 Å². The number of hydrogen-bond donors (Lipinski definition) is 2. The van der Waals surface area contributed by atoms with Crippen molar-refractivity contribution in [2.45, 2.75) is 57.4 Å². The summed E-state index contributed by atoms with van der Waals surface area (Å²) in [4.78, 5) is 16.9. The average Bonchev–Trinajstić information content (AvgIpc) is 3.36. The Morgan fingerprint density at radius 3 is 2.54 bits per heavy atom. The lowest BCUT2D eigenvalue weighted by molar-refractivity contribution is 0.152. The summed E-state index contributed by atoms with van der Waals surface area (Å²) >= 11 is 0. The molecule has 0 spiro atoms. The number of hydrogen-bond acceptors (Lipinski definition) is 3. The van der Waals surface area contributed by atoms with Crippen LogP contribution < -0.4 is 10.6 Å². The van der Waals surface area contributed by atoms with Crippen molar-refractivity contribution in [3.05, 3.63) is 0 Å². The van der Waals surface area contributed by atoms with Crippen LogP contribution in [-0.4, -0.2) is 68.2 Å². The van der Waals surface area contributed by atoms with E-state index < -0.39 is 0 Å². The monoisotopic (exact) mass is 336 g/mol. The third kappa shape index (κ3) is 5.62. The van der Waals surface area contributed by atoms with Crippen LogP contribution >= 0.6 is 0 Å². The van der Waals surface area contributed by atoms with Gasteiger partial charge in [-0.15, -0.1) is 0 Å². The molecule has 0 radical (unpaired) electrons. The number of urea groups is 1. The first-order chi connectivity index (χ1) is 11.7. The predicted octanol–water partition coefficient (Wildman–Crippen LogP) is 2.28. The van der Waals surface area contributed by atoms with Crippen molar-refractivity contribution in [2.24, 2.45) is 11.8 Å². The van der Waals surface area contributed by atoms with E-state index in [1.807, 2.05) is 0 Å². The number of piperazine rings is 1. The first-order valence-corrected chi connectivity index (χ1v) is 10.2. The van der Waals surface area contributed by atoms with Gasteiger partial charge in [0, 0.05) is 38.8 Å². The van der Waals surface area contributed by atoms with Gasteiger partial charge in [-0.2, -0.15) is 0 Å². The van der Waals surface area contributed by atoms with Gasteiger partial charge in [0.1, 0.15) is 0 Å². The summed E-state index contributed by atoms with van der Waals surface area (Å²) in [6.45, 7) is 6.72. The molecule has 3 aliphatic rings. The van der Waals surface area contributed by atoms with Gasteiger partial charge in [0.05, 0.1) is 0 Å². The number of amides is 2. The Morgan fingerprint density at radius 1 is 1.04 bits per heavy atom. The predicted molar refractivity (Wildman–Crippen MR) is 98.2 cm³/mol. The Morgan fingerprint density at radius 2 is 1.79 bits per heavy atom. The van der Waals surface area contributed by atoms with Crippen molar-refractivity contribution in [1.29, 1.82) is 0 Å². The van der Waals surface area contributed by atoms with Crippen LogP contribution in [0.1, 0.15) is 51.4 Å². The van der Waals surface area contributed by atoms with Gasteiger partial charge in [-0.1, -0.05) is 32.1 Å². The zero-order valence-corrected chi connectivity index (χ0v) is 15.4. The summed E-state index contributed by atoms with van der Waals surface area (Å²) < 4.78 is 0. The zero-order valence-electron chi connectivity index (χ0n) is 15.4. The lowest BCUT2D eigenvalue weighted by Gasteiger charge is -2.32. The van der Waals surface area contributed by atoms with Crippen molar-refractivity contribution in [2.75, 3.05) is 46.3 Å². The number of nitrogens with zero attached hydrogens (tertiary/aromatic N) is 2. The fourth-order valence-corrected chi connectivity index (χ4v) is 4.42. The average molecular weight is 337 g/mol. The zero-order chi connectivity index (χ0) is 16.8. The van der Waals surface area contributed by atoms with Gasteiger partial charge in [0.15, 0.2) is 0 Å². The number of nitrogens with one attached hydrogen (secondary N) is 2. The number of likely N-dealkylation sites (N-methyl/N-ethyl adjacent to an activating group) is 1. The smallest absolute Gasteiger partial charge is 0.315 e. The number of rotatable bonds is 7.